The van der Waals surface area contributed by atoms with Gasteiger partial charge in [-0.05, 0) is 42.1 Å². The summed E-state index contributed by atoms with van der Waals surface area (Å²) in [6.07, 6.45) is 1.85. The Hall–Kier alpha value is -2.13. The van der Waals surface area contributed by atoms with E-state index in [9.17, 15) is 4.79 Å². The van der Waals surface area contributed by atoms with Crippen LogP contribution >= 0.6 is 11.3 Å². The molecule has 2 heterocycles. The van der Waals surface area contributed by atoms with Crippen molar-refractivity contribution in [2.45, 2.75) is 6.92 Å². The second-order valence-electron chi connectivity index (χ2n) is 4.37. The first kappa shape index (κ1) is 11.9. The van der Waals surface area contributed by atoms with E-state index in [4.69, 9.17) is 0 Å². The van der Waals surface area contributed by atoms with Crippen molar-refractivity contribution in [3.8, 4) is 10.6 Å². The molecular weight excluding hydrogens is 254 g/mol. The number of hydrogen-bond acceptors (Lipinski definition) is 2. The third kappa shape index (κ3) is 2.13. The van der Waals surface area contributed by atoms with E-state index in [-0.39, 0.29) is 5.91 Å². The second-order valence-corrected chi connectivity index (χ2v) is 5.31. The van der Waals surface area contributed by atoms with Gasteiger partial charge in [-0.15, -0.1) is 11.3 Å². The highest BCUT2D eigenvalue weighted by molar-refractivity contribution is 7.13. The van der Waals surface area contributed by atoms with Crippen molar-refractivity contribution in [2.24, 2.45) is 0 Å². The monoisotopic (exact) mass is 267 g/mol. The minimum absolute atomic E-state index is 0.0112. The molecule has 3 heteroatoms. The molecule has 1 aromatic carbocycles. The van der Waals surface area contributed by atoms with Gasteiger partial charge in [0.1, 0.15) is 0 Å². The number of carbonyl (C=O) groups excluding carboxylic acids is 1. The lowest BCUT2D eigenvalue weighted by Crippen LogP contribution is -2.11. The molecule has 0 saturated heterocycles. The third-order valence-corrected chi connectivity index (χ3v) is 3.96. The van der Waals surface area contributed by atoms with Gasteiger partial charge >= 0.3 is 0 Å². The van der Waals surface area contributed by atoms with E-state index in [0.717, 1.165) is 16.1 Å². The molecule has 0 spiro atoms. The Kier molecular flexibility index (Phi) is 3.05. The maximum absolute atomic E-state index is 12.5. The van der Waals surface area contributed by atoms with Crippen LogP contribution in [0.5, 0.6) is 0 Å². The van der Waals surface area contributed by atoms with Crippen molar-refractivity contribution in [1.82, 2.24) is 4.57 Å². The summed E-state index contributed by atoms with van der Waals surface area (Å²) in [6, 6.07) is 15.4. The van der Waals surface area contributed by atoms with Crippen molar-refractivity contribution in [3.05, 3.63) is 71.2 Å². The highest BCUT2D eigenvalue weighted by Crippen LogP contribution is 2.29. The van der Waals surface area contributed by atoms with Crippen LogP contribution in [-0.2, 0) is 0 Å². The summed E-state index contributed by atoms with van der Waals surface area (Å²) in [5.41, 5.74) is 2.81. The Morgan fingerprint density at radius 1 is 1.05 bits per heavy atom. The van der Waals surface area contributed by atoms with Crippen LogP contribution in [0.15, 0.2) is 60.1 Å². The van der Waals surface area contributed by atoms with E-state index in [0.29, 0.717) is 5.56 Å². The summed E-state index contributed by atoms with van der Waals surface area (Å²) in [5.74, 6) is 0.0112. The highest BCUT2D eigenvalue weighted by Gasteiger charge is 2.15. The molecule has 0 amide bonds. The average molecular weight is 267 g/mol. The minimum atomic E-state index is 0.0112. The van der Waals surface area contributed by atoms with Crippen LogP contribution in [0.4, 0.5) is 0 Å². The fourth-order valence-electron chi connectivity index (χ4n) is 2.15. The Morgan fingerprint density at radius 2 is 1.84 bits per heavy atom. The Morgan fingerprint density at radius 3 is 2.53 bits per heavy atom. The van der Waals surface area contributed by atoms with Crippen LogP contribution < -0.4 is 0 Å². The Labute approximate surface area is 115 Å². The van der Waals surface area contributed by atoms with Gasteiger partial charge in [-0.3, -0.25) is 9.36 Å². The molecule has 0 fully saturated rings. The molecule has 0 aliphatic heterocycles. The highest BCUT2D eigenvalue weighted by atomic mass is 32.1. The molecule has 3 aromatic rings. The molecule has 3 rings (SSSR count). The third-order valence-electron chi connectivity index (χ3n) is 3.08. The van der Waals surface area contributed by atoms with Crippen LogP contribution in [0.2, 0.25) is 0 Å². The molecule has 0 radical (unpaired) electrons. The van der Waals surface area contributed by atoms with Gasteiger partial charge in [0.15, 0.2) is 0 Å². The summed E-state index contributed by atoms with van der Waals surface area (Å²) in [6.45, 7) is 2.03. The molecule has 2 aromatic heterocycles. The van der Waals surface area contributed by atoms with Crippen LogP contribution in [0.3, 0.4) is 0 Å². The molecule has 19 heavy (non-hydrogen) atoms. The summed E-state index contributed by atoms with van der Waals surface area (Å²) >= 11 is 1.65. The summed E-state index contributed by atoms with van der Waals surface area (Å²) in [4.78, 5) is 13.7. The molecule has 0 aliphatic rings. The number of rotatable bonds is 2. The van der Waals surface area contributed by atoms with Gasteiger partial charge in [0.05, 0.1) is 10.6 Å². The van der Waals surface area contributed by atoms with Gasteiger partial charge in [0, 0.05) is 11.8 Å². The van der Waals surface area contributed by atoms with Crippen molar-refractivity contribution in [3.63, 3.8) is 0 Å². The van der Waals surface area contributed by atoms with Gasteiger partial charge in [-0.1, -0.05) is 24.3 Å². The van der Waals surface area contributed by atoms with Crippen LogP contribution in [0, 0.1) is 6.92 Å². The predicted octanol–water partition coefficient (Wildman–Crippen LogP) is 4.21. The first-order valence-corrected chi connectivity index (χ1v) is 6.97. The first-order valence-electron chi connectivity index (χ1n) is 6.09. The normalized spacial score (nSPS) is 10.6. The van der Waals surface area contributed by atoms with E-state index in [1.165, 1.54) is 0 Å². The molecular formula is C16H13NOS. The number of benzene rings is 1. The topological polar surface area (TPSA) is 22.0 Å². The molecule has 0 atom stereocenters. The van der Waals surface area contributed by atoms with Crippen LogP contribution in [-0.4, -0.2) is 10.5 Å². The zero-order valence-electron chi connectivity index (χ0n) is 10.5. The van der Waals surface area contributed by atoms with Gasteiger partial charge in [0.2, 0.25) is 0 Å². The summed E-state index contributed by atoms with van der Waals surface area (Å²) in [7, 11) is 0. The number of aryl methyl sites for hydroxylation is 1. The zero-order valence-corrected chi connectivity index (χ0v) is 11.4. The lowest BCUT2D eigenvalue weighted by atomic mass is 10.2. The quantitative estimate of drug-likeness (QED) is 0.681. The number of nitrogens with zero attached hydrogens (tertiary/aromatic N) is 1. The summed E-state index contributed by atoms with van der Waals surface area (Å²) < 4.78 is 1.73. The van der Waals surface area contributed by atoms with Crippen LogP contribution in [0.1, 0.15) is 15.9 Å². The molecule has 0 aliphatic carbocycles. The van der Waals surface area contributed by atoms with Crippen LogP contribution in [0.25, 0.3) is 10.6 Å². The van der Waals surface area contributed by atoms with E-state index < -0.39 is 0 Å². The SMILES string of the molecule is Cc1ccn(C(=O)c2ccccc2)c1-c1cccs1. The number of hydrogen-bond donors (Lipinski definition) is 0. The predicted molar refractivity (Wildman–Crippen MR) is 78.7 cm³/mol. The molecule has 94 valence electrons. The maximum Gasteiger partial charge on any atom is 0.262 e. The average Bonchev–Trinajstić information content (AvgIpc) is 3.08. The number of carbonyl (C=O) groups is 1. The fourth-order valence-corrected chi connectivity index (χ4v) is 2.98. The number of thiophene rings is 1. The maximum atomic E-state index is 12.5. The van der Waals surface area contributed by atoms with Crippen molar-refractivity contribution < 1.29 is 4.79 Å². The largest absolute Gasteiger partial charge is 0.282 e. The zero-order chi connectivity index (χ0) is 13.2. The van der Waals surface area contributed by atoms with E-state index in [2.05, 4.69) is 0 Å². The molecule has 0 N–H and O–H groups in total. The molecule has 2 nitrogen and oxygen atoms in total. The van der Waals surface area contributed by atoms with Crippen molar-refractivity contribution in [1.29, 1.82) is 0 Å². The van der Waals surface area contributed by atoms with E-state index >= 15 is 0 Å². The minimum Gasteiger partial charge on any atom is -0.282 e. The molecule has 0 bridgehead atoms. The van der Waals surface area contributed by atoms with E-state index in [1.807, 2.05) is 67.0 Å². The standard InChI is InChI=1S/C16H13NOS/c1-12-9-10-17(15(12)14-8-5-11-19-14)16(18)13-6-3-2-4-7-13/h2-11H,1H3. The molecule has 0 saturated carbocycles. The van der Waals surface area contributed by atoms with Gasteiger partial charge < -0.3 is 0 Å². The van der Waals surface area contributed by atoms with Gasteiger partial charge in [-0.2, -0.15) is 0 Å². The first-order chi connectivity index (χ1) is 9.27. The smallest absolute Gasteiger partial charge is 0.262 e. The lowest BCUT2D eigenvalue weighted by Gasteiger charge is -2.07. The van der Waals surface area contributed by atoms with Crippen molar-refractivity contribution in [2.75, 3.05) is 0 Å². The van der Waals surface area contributed by atoms with Crippen molar-refractivity contribution >= 4 is 17.2 Å². The van der Waals surface area contributed by atoms with Gasteiger partial charge in [-0.25, -0.2) is 0 Å². The summed E-state index contributed by atoms with van der Waals surface area (Å²) in [5, 5.41) is 2.03. The second kappa shape index (κ2) is 4.86. The van der Waals surface area contributed by atoms with E-state index in [1.54, 1.807) is 15.9 Å². The Balaban J connectivity index is 2.10. The fraction of sp³-hybridized carbons (Fsp3) is 0.0625. The Bertz CT molecular complexity index is 696. The molecule has 0 unspecified atom stereocenters. The van der Waals surface area contributed by atoms with Gasteiger partial charge in [0.25, 0.3) is 5.91 Å². The number of aromatic nitrogens is 1. The lowest BCUT2D eigenvalue weighted by molar-refractivity contribution is 0.0962.